The van der Waals surface area contributed by atoms with Crippen LogP contribution in [0.25, 0.3) is 0 Å². The molecule has 2 aliphatic heterocycles. The number of carbonyl (C=O) groups excluding carboxylic acids is 1. The summed E-state index contributed by atoms with van der Waals surface area (Å²) >= 11 is 6.27. The summed E-state index contributed by atoms with van der Waals surface area (Å²) in [6.45, 7) is 4.48. The van der Waals surface area contributed by atoms with Crippen molar-refractivity contribution in [1.82, 2.24) is 30.2 Å². The monoisotopic (exact) mass is 522 g/mol. The van der Waals surface area contributed by atoms with Crippen molar-refractivity contribution in [2.45, 2.75) is 32.5 Å². The van der Waals surface area contributed by atoms with E-state index in [-0.39, 0.29) is 24.5 Å². The molecule has 1 atom stereocenters. The van der Waals surface area contributed by atoms with Crippen molar-refractivity contribution in [2.75, 3.05) is 43.4 Å². The Morgan fingerprint density at radius 2 is 1.95 bits per heavy atom. The molecule has 0 aliphatic carbocycles. The van der Waals surface area contributed by atoms with Crippen LogP contribution in [0.1, 0.15) is 40.2 Å². The first-order chi connectivity index (χ1) is 17.9. The summed E-state index contributed by atoms with van der Waals surface area (Å²) in [7, 11) is 2.17. The van der Waals surface area contributed by atoms with Crippen LogP contribution >= 0.6 is 11.6 Å². The van der Waals surface area contributed by atoms with Gasteiger partial charge in [-0.1, -0.05) is 23.7 Å². The number of rotatable bonds is 8. The number of halogens is 1. The third-order valence-corrected chi connectivity index (χ3v) is 7.50. The van der Waals surface area contributed by atoms with Crippen LogP contribution < -0.4 is 15.5 Å². The normalized spacial score (nSPS) is 19.5. The number of carbonyl (C=O) groups is 1. The predicted octanol–water partition coefficient (Wildman–Crippen LogP) is 2.49. The topological polar surface area (TPSA) is 119 Å². The summed E-state index contributed by atoms with van der Waals surface area (Å²) in [4.78, 5) is 35.4. The van der Waals surface area contributed by atoms with Crippen LogP contribution in [0.3, 0.4) is 0 Å². The van der Waals surface area contributed by atoms with E-state index >= 15 is 0 Å². The fourth-order valence-corrected chi connectivity index (χ4v) is 5.38. The van der Waals surface area contributed by atoms with E-state index in [1.165, 1.54) is 6.42 Å². The lowest BCUT2D eigenvalue weighted by Gasteiger charge is -2.24. The van der Waals surface area contributed by atoms with E-state index in [0.29, 0.717) is 40.3 Å². The number of aliphatic hydroxyl groups excluding tert-OH is 1. The lowest BCUT2D eigenvalue weighted by Crippen LogP contribution is -2.31. The van der Waals surface area contributed by atoms with Gasteiger partial charge in [0.25, 0.3) is 5.91 Å². The van der Waals surface area contributed by atoms with Gasteiger partial charge in [0.2, 0.25) is 5.95 Å². The number of aliphatic hydroxyl groups is 1. The number of hydrogen-bond acceptors (Lipinski definition) is 9. The number of likely N-dealkylation sites (tertiary alicyclic amines) is 1. The molecule has 0 bridgehead atoms. The second kappa shape index (κ2) is 11.0. The molecule has 2 aromatic heterocycles. The molecular weight excluding hydrogens is 492 g/mol. The first-order valence-corrected chi connectivity index (χ1v) is 12.8. The second-order valence-electron chi connectivity index (χ2n) is 9.88. The maximum atomic E-state index is 13.1. The first-order valence-electron chi connectivity index (χ1n) is 12.4. The smallest absolute Gasteiger partial charge is 0.256 e. The molecule has 10 nitrogen and oxygen atoms in total. The number of nitrogens with one attached hydrogen (secondary N) is 2. The first kappa shape index (κ1) is 25.3. The van der Waals surface area contributed by atoms with Gasteiger partial charge in [0, 0.05) is 55.2 Å². The van der Waals surface area contributed by atoms with Crippen molar-refractivity contribution < 1.29 is 9.90 Å². The molecule has 1 spiro atoms. The number of amides is 1. The minimum atomic E-state index is -0.314. The Kier molecular flexibility index (Phi) is 7.50. The zero-order chi connectivity index (χ0) is 25.8. The van der Waals surface area contributed by atoms with Crippen LogP contribution in [-0.4, -0.2) is 69.1 Å². The summed E-state index contributed by atoms with van der Waals surface area (Å²) in [5.41, 5.74) is 2.19. The summed E-state index contributed by atoms with van der Waals surface area (Å²) in [6, 6.07) is 7.21. The molecule has 3 N–H and O–H groups in total. The van der Waals surface area contributed by atoms with Crippen LogP contribution in [0.15, 0.2) is 42.9 Å². The molecule has 11 heteroatoms. The Balaban J connectivity index is 1.36. The third-order valence-electron chi connectivity index (χ3n) is 7.15. The van der Waals surface area contributed by atoms with Gasteiger partial charge >= 0.3 is 0 Å². The van der Waals surface area contributed by atoms with Gasteiger partial charge in [0.05, 0.1) is 13.2 Å². The highest BCUT2D eigenvalue weighted by Crippen LogP contribution is 2.40. The minimum absolute atomic E-state index is 0.121. The highest BCUT2D eigenvalue weighted by atomic mass is 35.5. The van der Waals surface area contributed by atoms with Crippen molar-refractivity contribution in [3.8, 4) is 0 Å². The van der Waals surface area contributed by atoms with Gasteiger partial charge in [-0.05, 0) is 49.7 Å². The molecule has 2 saturated heterocycles. The van der Waals surface area contributed by atoms with Gasteiger partial charge in [0.1, 0.15) is 17.2 Å². The molecule has 1 aromatic carbocycles. The van der Waals surface area contributed by atoms with Crippen molar-refractivity contribution in [3.63, 3.8) is 0 Å². The average Bonchev–Trinajstić information content (AvgIpc) is 3.51. The summed E-state index contributed by atoms with van der Waals surface area (Å²) < 4.78 is 0. The van der Waals surface area contributed by atoms with Crippen LogP contribution in [0.2, 0.25) is 5.02 Å². The minimum Gasteiger partial charge on any atom is -0.392 e. The van der Waals surface area contributed by atoms with E-state index < -0.39 is 0 Å². The van der Waals surface area contributed by atoms with E-state index in [2.05, 4.69) is 42.4 Å². The van der Waals surface area contributed by atoms with Gasteiger partial charge in [0.15, 0.2) is 0 Å². The largest absolute Gasteiger partial charge is 0.392 e. The Labute approximate surface area is 221 Å². The fraction of sp³-hybridized carbons (Fsp3) is 0.423. The molecular formula is C26H31ClN8O2. The Morgan fingerprint density at radius 3 is 2.68 bits per heavy atom. The van der Waals surface area contributed by atoms with Crippen LogP contribution in [0.4, 0.5) is 11.8 Å². The van der Waals surface area contributed by atoms with Crippen molar-refractivity contribution in [1.29, 1.82) is 0 Å². The number of anilines is 2. The number of nitrogens with zero attached hydrogens (tertiary/aromatic N) is 6. The lowest BCUT2D eigenvalue weighted by atomic mass is 9.86. The summed E-state index contributed by atoms with van der Waals surface area (Å²) in [5.74, 6) is 1.27. The average molecular weight is 523 g/mol. The van der Waals surface area contributed by atoms with Crippen molar-refractivity contribution in [3.05, 3.63) is 70.4 Å². The molecule has 0 saturated carbocycles. The second-order valence-corrected chi connectivity index (χ2v) is 10.3. The molecule has 4 heterocycles. The maximum absolute atomic E-state index is 13.1. The summed E-state index contributed by atoms with van der Waals surface area (Å²) in [5, 5.41) is 16.1. The van der Waals surface area contributed by atoms with Crippen molar-refractivity contribution >= 4 is 29.3 Å². The fourth-order valence-electron chi connectivity index (χ4n) is 5.11. The molecule has 2 fully saturated rings. The van der Waals surface area contributed by atoms with Crippen LogP contribution in [-0.2, 0) is 19.7 Å². The number of aromatic nitrogens is 4. The highest BCUT2D eigenvalue weighted by Gasteiger charge is 2.43. The molecule has 37 heavy (non-hydrogen) atoms. The van der Waals surface area contributed by atoms with Crippen LogP contribution in [0, 0.1) is 5.41 Å². The van der Waals surface area contributed by atoms with Crippen LogP contribution in [0.5, 0.6) is 0 Å². The predicted molar refractivity (Wildman–Crippen MR) is 141 cm³/mol. The van der Waals surface area contributed by atoms with Gasteiger partial charge in [-0.2, -0.15) is 4.98 Å². The quantitative estimate of drug-likeness (QED) is 0.410. The number of benzene rings is 1. The Hall–Kier alpha value is -3.34. The Morgan fingerprint density at radius 1 is 1.14 bits per heavy atom. The molecule has 0 radical (unpaired) electrons. The van der Waals surface area contributed by atoms with E-state index in [4.69, 9.17) is 16.6 Å². The van der Waals surface area contributed by atoms with E-state index in [1.54, 1.807) is 36.8 Å². The zero-order valence-electron chi connectivity index (χ0n) is 20.8. The lowest BCUT2D eigenvalue weighted by molar-refractivity contribution is 0.0950. The standard InChI is InChI=1S/C26H31ClN8O2/c1-34-9-5-26(16-34)6-10-35(17-26)25-32-13-20(24(37)31-14-22-28-7-2-8-29-22)23(33-25)30-12-18-3-4-19(15-36)21(27)11-18/h2-4,7-8,11,13,36H,5-6,9-10,12,14-17H2,1H3,(H,31,37)(H,30,32,33). The molecule has 3 aromatic rings. The molecule has 1 amide bonds. The molecule has 194 valence electrons. The third kappa shape index (κ3) is 5.82. The Bertz CT molecular complexity index is 1260. The SMILES string of the molecule is CN1CCC2(CCN(c3ncc(C(=O)NCc4ncccn4)c(NCc4ccc(CO)c(Cl)c4)n3)C2)C1. The highest BCUT2D eigenvalue weighted by molar-refractivity contribution is 6.31. The molecule has 1 unspecified atom stereocenters. The van der Waals surface area contributed by atoms with E-state index in [0.717, 1.165) is 38.2 Å². The van der Waals surface area contributed by atoms with Gasteiger partial charge in [-0.25, -0.2) is 15.0 Å². The van der Waals surface area contributed by atoms with Crippen molar-refractivity contribution in [2.24, 2.45) is 5.41 Å². The number of hydrogen-bond donors (Lipinski definition) is 3. The van der Waals surface area contributed by atoms with Gasteiger partial charge in [-0.15, -0.1) is 0 Å². The molecule has 2 aliphatic rings. The van der Waals surface area contributed by atoms with E-state index in [1.807, 2.05) is 6.07 Å². The zero-order valence-corrected chi connectivity index (χ0v) is 21.6. The van der Waals surface area contributed by atoms with Gasteiger partial charge < -0.3 is 25.5 Å². The maximum Gasteiger partial charge on any atom is 0.256 e. The summed E-state index contributed by atoms with van der Waals surface area (Å²) in [6.07, 6.45) is 7.14. The molecule has 5 rings (SSSR count). The van der Waals surface area contributed by atoms with Gasteiger partial charge in [-0.3, -0.25) is 4.79 Å². The van der Waals surface area contributed by atoms with E-state index in [9.17, 15) is 9.90 Å².